The minimum Gasteiger partial charge on any atom is -0.491 e. The van der Waals surface area contributed by atoms with Crippen LogP contribution in [-0.4, -0.2) is 24.1 Å². The van der Waals surface area contributed by atoms with Gasteiger partial charge in [-0.15, -0.1) is 11.8 Å². The molecule has 6 heteroatoms. The molecule has 0 bridgehead atoms. The van der Waals surface area contributed by atoms with Gasteiger partial charge in [0.1, 0.15) is 11.6 Å². The third kappa shape index (κ3) is 5.88. The van der Waals surface area contributed by atoms with Crippen LogP contribution in [-0.2, 0) is 4.79 Å². The maximum absolute atomic E-state index is 14.0. The summed E-state index contributed by atoms with van der Waals surface area (Å²) in [6.45, 7) is 6.02. The van der Waals surface area contributed by atoms with Gasteiger partial charge in [0, 0.05) is 10.5 Å². The average molecular weight is 375 g/mol. The Morgan fingerprint density at radius 2 is 1.92 bits per heavy atom. The number of amides is 1. The van der Waals surface area contributed by atoms with Crippen LogP contribution in [0.25, 0.3) is 0 Å². The lowest BCUT2D eigenvalue weighted by molar-refractivity contribution is -0.113. The Balaban J connectivity index is 1.96. The summed E-state index contributed by atoms with van der Waals surface area (Å²) in [5.74, 6) is 0.0688. The van der Waals surface area contributed by atoms with Gasteiger partial charge in [0.15, 0.2) is 5.78 Å². The van der Waals surface area contributed by atoms with Crippen LogP contribution >= 0.6 is 11.8 Å². The van der Waals surface area contributed by atoms with Crippen LogP contribution in [0.1, 0.15) is 31.1 Å². The topological polar surface area (TPSA) is 55.4 Å². The number of para-hydroxylation sites is 2. The molecule has 0 aliphatic rings. The Hall–Kier alpha value is -2.34. The maximum Gasteiger partial charge on any atom is 0.234 e. The number of ketones is 1. The highest BCUT2D eigenvalue weighted by atomic mass is 32.2. The van der Waals surface area contributed by atoms with Crippen LogP contribution in [0.4, 0.5) is 10.1 Å². The Morgan fingerprint density at radius 3 is 2.58 bits per heavy atom. The van der Waals surface area contributed by atoms with E-state index in [9.17, 15) is 14.0 Å². The normalized spacial score (nSPS) is 10.7. The summed E-state index contributed by atoms with van der Waals surface area (Å²) in [5, 5.41) is 2.79. The van der Waals surface area contributed by atoms with Crippen molar-refractivity contribution in [3.8, 4) is 5.75 Å². The Kier molecular flexibility index (Phi) is 7.21. The van der Waals surface area contributed by atoms with Crippen LogP contribution in [0.2, 0.25) is 0 Å². The second-order valence-electron chi connectivity index (χ2n) is 6.24. The summed E-state index contributed by atoms with van der Waals surface area (Å²) in [6, 6.07) is 11.5. The largest absolute Gasteiger partial charge is 0.491 e. The average Bonchev–Trinajstić information content (AvgIpc) is 2.59. The van der Waals surface area contributed by atoms with E-state index in [0.29, 0.717) is 34.4 Å². The number of carbonyl (C=O) groups excluding carboxylic acids is 2. The highest BCUT2D eigenvalue weighted by molar-refractivity contribution is 8.00. The van der Waals surface area contributed by atoms with E-state index in [2.05, 4.69) is 5.32 Å². The first-order valence-electron chi connectivity index (χ1n) is 8.31. The third-order valence-corrected chi connectivity index (χ3v) is 4.48. The number of hydrogen-bond donors (Lipinski definition) is 1. The van der Waals surface area contributed by atoms with Crippen LogP contribution in [0.3, 0.4) is 0 Å². The first kappa shape index (κ1) is 20.0. The fourth-order valence-electron chi connectivity index (χ4n) is 2.12. The molecule has 0 aliphatic heterocycles. The highest BCUT2D eigenvalue weighted by Crippen LogP contribution is 2.26. The van der Waals surface area contributed by atoms with E-state index in [1.165, 1.54) is 19.1 Å². The molecule has 0 unspecified atom stereocenters. The summed E-state index contributed by atoms with van der Waals surface area (Å²) in [7, 11) is 0. The van der Waals surface area contributed by atoms with Gasteiger partial charge in [0.2, 0.25) is 5.91 Å². The molecule has 138 valence electrons. The molecule has 0 aliphatic carbocycles. The quantitative estimate of drug-likeness (QED) is 0.532. The molecule has 0 atom stereocenters. The number of nitrogens with one attached hydrogen (secondary N) is 1. The van der Waals surface area contributed by atoms with E-state index in [-0.39, 0.29) is 17.4 Å². The number of hydrogen-bond acceptors (Lipinski definition) is 4. The minimum absolute atomic E-state index is 0.0504. The van der Waals surface area contributed by atoms with E-state index in [0.717, 1.165) is 11.8 Å². The van der Waals surface area contributed by atoms with Crippen LogP contribution in [0.15, 0.2) is 47.4 Å². The first-order valence-corrected chi connectivity index (χ1v) is 9.30. The molecule has 1 amide bonds. The smallest absolute Gasteiger partial charge is 0.234 e. The molecule has 0 heterocycles. The molecule has 2 rings (SSSR count). The van der Waals surface area contributed by atoms with E-state index in [1.54, 1.807) is 18.2 Å². The summed E-state index contributed by atoms with van der Waals surface area (Å²) in [5.41, 5.74) is 0.902. The zero-order chi connectivity index (χ0) is 19.1. The number of ether oxygens (including phenoxy) is 1. The van der Waals surface area contributed by atoms with Gasteiger partial charge in [-0.25, -0.2) is 4.39 Å². The van der Waals surface area contributed by atoms with Crippen LogP contribution < -0.4 is 10.1 Å². The first-order chi connectivity index (χ1) is 12.4. The molecule has 2 aromatic rings. The van der Waals surface area contributed by atoms with Crippen molar-refractivity contribution >= 4 is 29.1 Å². The van der Waals surface area contributed by atoms with Gasteiger partial charge in [0.25, 0.3) is 0 Å². The van der Waals surface area contributed by atoms with Crippen molar-refractivity contribution in [3.05, 3.63) is 53.8 Å². The van der Waals surface area contributed by atoms with E-state index >= 15 is 0 Å². The zero-order valence-corrected chi connectivity index (χ0v) is 15.9. The van der Waals surface area contributed by atoms with Gasteiger partial charge in [-0.3, -0.25) is 9.59 Å². The highest BCUT2D eigenvalue weighted by Gasteiger charge is 2.11. The van der Waals surface area contributed by atoms with Crippen molar-refractivity contribution in [3.63, 3.8) is 0 Å². The molecule has 2 aromatic carbocycles. The Morgan fingerprint density at radius 1 is 1.19 bits per heavy atom. The SMILES string of the molecule is CC(=O)c1ccc(SCC(=O)Nc2ccccc2OCC(C)C)c(F)c1. The lowest BCUT2D eigenvalue weighted by atomic mass is 10.1. The maximum atomic E-state index is 14.0. The van der Waals surface area contributed by atoms with Crippen molar-refractivity contribution in [2.24, 2.45) is 5.92 Å². The van der Waals surface area contributed by atoms with Crippen LogP contribution in [0, 0.1) is 11.7 Å². The van der Waals surface area contributed by atoms with Crippen molar-refractivity contribution in [1.82, 2.24) is 0 Å². The summed E-state index contributed by atoms with van der Waals surface area (Å²) >= 11 is 1.08. The summed E-state index contributed by atoms with van der Waals surface area (Å²) in [4.78, 5) is 23.8. The van der Waals surface area contributed by atoms with Crippen molar-refractivity contribution in [2.75, 3.05) is 17.7 Å². The molecule has 26 heavy (non-hydrogen) atoms. The number of Topliss-reactive ketones (excluding diaryl/α,β-unsaturated/α-hetero) is 1. The lowest BCUT2D eigenvalue weighted by Crippen LogP contribution is -2.15. The number of anilines is 1. The molecule has 4 nitrogen and oxygen atoms in total. The van der Waals surface area contributed by atoms with Gasteiger partial charge in [0.05, 0.1) is 18.0 Å². The van der Waals surface area contributed by atoms with Crippen LogP contribution in [0.5, 0.6) is 5.75 Å². The molecule has 0 spiro atoms. The summed E-state index contributed by atoms with van der Waals surface area (Å²) in [6.07, 6.45) is 0. The summed E-state index contributed by atoms with van der Waals surface area (Å²) < 4.78 is 19.7. The molecule has 0 saturated carbocycles. The Bertz CT molecular complexity index is 792. The van der Waals surface area contributed by atoms with Gasteiger partial charge in [-0.05, 0) is 37.1 Å². The van der Waals surface area contributed by atoms with Gasteiger partial charge in [-0.1, -0.05) is 32.0 Å². The number of rotatable bonds is 8. The monoisotopic (exact) mass is 375 g/mol. The predicted octanol–water partition coefficient (Wildman–Crippen LogP) is 4.79. The fourth-order valence-corrected chi connectivity index (χ4v) is 2.84. The van der Waals surface area contributed by atoms with Crippen molar-refractivity contribution in [2.45, 2.75) is 25.7 Å². The van der Waals surface area contributed by atoms with E-state index < -0.39 is 5.82 Å². The fraction of sp³-hybridized carbons (Fsp3) is 0.300. The molecule has 0 aromatic heterocycles. The second kappa shape index (κ2) is 9.38. The number of halogens is 1. The third-order valence-electron chi connectivity index (χ3n) is 3.43. The van der Waals surface area contributed by atoms with Crippen molar-refractivity contribution in [1.29, 1.82) is 0 Å². The molecule has 0 radical (unpaired) electrons. The number of thioether (sulfide) groups is 1. The standard InChI is InChI=1S/C20H22FNO3S/c1-13(2)11-25-18-7-5-4-6-17(18)22-20(24)12-26-19-9-8-15(14(3)23)10-16(19)21/h4-10,13H,11-12H2,1-3H3,(H,22,24). The lowest BCUT2D eigenvalue weighted by Gasteiger charge is -2.13. The molecule has 0 fully saturated rings. The van der Waals surface area contributed by atoms with E-state index in [1.807, 2.05) is 26.0 Å². The van der Waals surface area contributed by atoms with Crippen molar-refractivity contribution < 1.29 is 18.7 Å². The molecular weight excluding hydrogens is 353 g/mol. The molecule has 1 N–H and O–H groups in total. The Labute approximate surface area is 157 Å². The van der Waals surface area contributed by atoms with Gasteiger partial charge >= 0.3 is 0 Å². The van der Waals surface area contributed by atoms with Gasteiger partial charge < -0.3 is 10.1 Å². The molecular formula is C20H22FNO3S. The van der Waals surface area contributed by atoms with Gasteiger partial charge in [-0.2, -0.15) is 0 Å². The number of carbonyl (C=O) groups is 2. The van der Waals surface area contributed by atoms with E-state index in [4.69, 9.17) is 4.74 Å². The predicted molar refractivity (Wildman–Crippen MR) is 103 cm³/mol. The second-order valence-corrected chi connectivity index (χ2v) is 7.26. The minimum atomic E-state index is -0.504. The number of benzene rings is 2. The zero-order valence-electron chi connectivity index (χ0n) is 15.0. The molecule has 0 saturated heterocycles.